The second-order valence-corrected chi connectivity index (χ2v) is 6.49. The minimum Gasteiger partial charge on any atom is -0.384 e. The van der Waals surface area contributed by atoms with E-state index in [1.54, 1.807) is 48.5 Å². The summed E-state index contributed by atoms with van der Waals surface area (Å²) < 4.78 is 26.6. The highest BCUT2D eigenvalue weighted by Gasteiger charge is 2.11. The van der Waals surface area contributed by atoms with E-state index in [-0.39, 0.29) is 18.1 Å². The van der Waals surface area contributed by atoms with Crippen LogP contribution in [0.3, 0.4) is 0 Å². The van der Waals surface area contributed by atoms with Gasteiger partial charge in [0.15, 0.2) is 0 Å². The third kappa shape index (κ3) is 4.70. The van der Waals surface area contributed by atoms with Crippen LogP contribution in [0.4, 0.5) is 0 Å². The maximum absolute atomic E-state index is 12.0. The standard InChI is InChI=1S/C15H17N3O2S/c16-15(17)14-8-4-7-13(9-14)10-18-21(19,20)11-12-5-2-1-3-6-12/h1-9,18H,10-11H2,(H3,16,17). The van der Waals surface area contributed by atoms with Gasteiger partial charge in [0.25, 0.3) is 0 Å². The minimum absolute atomic E-state index is 0.0380. The molecule has 110 valence electrons. The summed E-state index contributed by atoms with van der Waals surface area (Å²) in [5.41, 5.74) is 7.49. The molecule has 0 bridgehead atoms. The van der Waals surface area contributed by atoms with E-state index < -0.39 is 10.0 Å². The number of nitrogens with two attached hydrogens (primary N) is 1. The Balaban J connectivity index is 2.02. The van der Waals surface area contributed by atoms with Crippen molar-refractivity contribution >= 4 is 15.9 Å². The lowest BCUT2D eigenvalue weighted by atomic mass is 10.1. The summed E-state index contributed by atoms with van der Waals surface area (Å²) in [6, 6.07) is 16.0. The average Bonchev–Trinajstić information content (AvgIpc) is 2.46. The van der Waals surface area contributed by atoms with E-state index in [0.29, 0.717) is 5.56 Å². The Morgan fingerprint density at radius 3 is 2.38 bits per heavy atom. The quantitative estimate of drug-likeness (QED) is 0.558. The molecule has 0 spiro atoms. The highest BCUT2D eigenvalue weighted by molar-refractivity contribution is 7.88. The number of sulfonamides is 1. The predicted molar refractivity (Wildman–Crippen MR) is 83.4 cm³/mol. The summed E-state index contributed by atoms with van der Waals surface area (Å²) >= 11 is 0. The summed E-state index contributed by atoms with van der Waals surface area (Å²) in [5, 5.41) is 7.37. The summed E-state index contributed by atoms with van der Waals surface area (Å²) in [5.74, 6) is -0.0933. The Kier molecular flexibility index (Phi) is 4.72. The number of hydrogen-bond acceptors (Lipinski definition) is 3. The zero-order valence-electron chi connectivity index (χ0n) is 11.4. The second kappa shape index (κ2) is 6.51. The van der Waals surface area contributed by atoms with Gasteiger partial charge in [0.2, 0.25) is 10.0 Å². The largest absolute Gasteiger partial charge is 0.384 e. The molecule has 0 aromatic heterocycles. The molecular formula is C15H17N3O2S. The molecule has 6 heteroatoms. The van der Waals surface area contributed by atoms with Crippen LogP contribution >= 0.6 is 0 Å². The van der Waals surface area contributed by atoms with Crippen molar-refractivity contribution in [3.8, 4) is 0 Å². The summed E-state index contributed by atoms with van der Waals surface area (Å²) in [4.78, 5) is 0. The Bertz CT molecular complexity index is 728. The number of hydrogen-bond donors (Lipinski definition) is 3. The van der Waals surface area contributed by atoms with Gasteiger partial charge >= 0.3 is 0 Å². The third-order valence-electron chi connectivity index (χ3n) is 2.93. The van der Waals surface area contributed by atoms with Crippen molar-refractivity contribution in [1.29, 1.82) is 5.41 Å². The zero-order valence-corrected chi connectivity index (χ0v) is 12.2. The van der Waals surface area contributed by atoms with Crippen molar-refractivity contribution in [2.24, 2.45) is 5.73 Å². The number of nitrogens with one attached hydrogen (secondary N) is 2. The zero-order chi connectivity index (χ0) is 15.3. The fraction of sp³-hybridized carbons (Fsp3) is 0.133. The van der Waals surface area contributed by atoms with Gasteiger partial charge in [-0.15, -0.1) is 0 Å². The van der Waals surface area contributed by atoms with Crippen molar-refractivity contribution in [2.75, 3.05) is 0 Å². The molecule has 5 nitrogen and oxygen atoms in total. The number of amidine groups is 1. The van der Waals surface area contributed by atoms with Gasteiger partial charge in [-0.05, 0) is 17.2 Å². The average molecular weight is 303 g/mol. The van der Waals surface area contributed by atoms with Gasteiger partial charge in [0, 0.05) is 12.1 Å². The number of nitrogen functional groups attached to an aromatic ring is 1. The molecule has 0 aliphatic rings. The van der Waals surface area contributed by atoms with Crippen LogP contribution in [0.2, 0.25) is 0 Å². The van der Waals surface area contributed by atoms with Crippen molar-refractivity contribution in [3.05, 3.63) is 71.3 Å². The van der Waals surface area contributed by atoms with Crippen LogP contribution in [0.5, 0.6) is 0 Å². The third-order valence-corrected chi connectivity index (χ3v) is 4.23. The van der Waals surface area contributed by atoms with E-state index in [1.807, 2.05) is 6.07 Å². The molecule has 0 radical (unpaired) electrons. The summed E-state index contributed by atoms with van der Waals surface area (Å²) in [6.45, 7) is 0.177. The molecule has 2 aromatic rings. The smallest absolute Gasteiger partial charge is 0.216 e. The van der Waals surface area contributed by atoms with Gasteiger partial charge < -0.3 is 5.73 Å². The van der Waals surface area contributed by atoms with Crippen LogP contribution in [0.15, 0.2) is 54.6 Å². The maximum atomic E-state index is 12.0. The van der Waals surface area contributed by atoms with Gasteiger partial charge in [-0.3, -0.25) is 5.41 Å². The first-order valence-corrected chi connectivity index (χ1v) is 8.06. The Hall–Kier alpha value is -2.18. The molecule has 0 aliphatic carbocycles. The van der Waals surface area contributed by atoms with Crippen molar-refractivity contribution in [1.82, 2.24) is 4.72 Å². The van der Waals surface area contributed by atoms with Crippen LogP contribution in [-0.4, -0.2) is 14.3 Å². The normalized spacial score (nSPS) is 11.2. The molecule has 2 aromatic carbocycles. The second-order valence-electron chi connectivity index (χ2n) is 4.68. The molecule has 0 atom stereocenters. The first-order valence-electron chi connectivity index (χ1n) is 6.41. The van der Waals surface area contributed by atoms with Crippen LogP contribution in [0.25, 0.3) is 0 Å². The van der Waals surface area contributed by atoms with Crippen LogP contribution in [0, 0.1) is 5.41 Å². The highest BCUT2D eigenvalue weighted by Crippen LogP contribution is 2.07. The molecular weight excluding hydrogens is 286 g/mol. The van der Waals surface area contributed by atoms with Crippen molar-refractivity contribution in [3.63, 3.8) is 0 Å². The molecule has 0 aliphatic heterocycles. The molecule has 4 N–H and O–H groups in total. The van der Waals surface area contributed by atoms with Gasteiger partial charge in [-0.1, -0.05) is 48.5 Å². The molecule has 21 heavy (non-hydrogen) atoms. The molecule has 0 heterocycles. The van der Waals surface area contributed by atoms with Gasteiger partial charge in [-0.2, -0.15) is 0 Å². The Labute approximate surface area is 124 Å². The SMILES string of the molecule is N=C(N)c1cccc(CNS(=O)(=O)Cc2ccccc2)c1. The molecule has 0 amide bonds. The summed E-state index contributed by atoms with van der Waals surface area (Å²) in [7, 11) is -3.40. The Morgan fingerprint density at radius 2 is 1.71 bits per heavy atom. The molecule has 0 fully saturated rings. The topological polar surface area (TPSA) is 96.0 Å². The van der Waals surface area contributed by atoms with E-state index in [1.165, 1.54) is 0 Å². The number of benzene rings is 2. The summed E-state index contributed by atoms with van der Waals surface area (Å²) in [6.07, 6.45) is 0. The van der Waals surface area contributed by atoms with E-state index in [0.717, 1.165) is 11.1 Å². The van der Waals surface area contributed by atoms with Gasteiger partial charge in [0.05, 0.1) is 5.75 Å². The fourth-order valence-electron chi connectivity index (χ4n) is 1.89. The van der Waals surface area contributed by atoms with E-state index in [9.17, 15) is 8.42 Å². The number of rotatable bonds is 6. The molecule has 0 unspecified atom stereocenters. The molecule has 0 saturated heterocycles. The fourth-order valence-corrected chi connectivity index (χ4v) is 3.01. The van der Waals surface area contributed by atoms with Crippen LogP contribution in [0.1, 0.15) is 16.7 Å². The lowest BCUT2D eigenvalue weighted by Crippen LogP contribution is -2.25. The van der Waals surface area contributed by atoms with Crippen LogP contribution in [-0.2, 0) is 22.3 Å². The first-order chi connectivity index (χ1) is 9.96. The predicted octanol–water partition coefficient (Wildman–Crippen LogP) is 1.59. The van der Waals surface area contributed by atoms with E-state index in [4.69, 9.17) is 11.1 Å². The minimum atomic E-state index is -3.40. The first kappa shape index (κ1) is 15.2. The highest BCUT2D eigenvalue weighted by atomic mass is 32.2. The Morgan fingerprint density at radius 1 is 1.05 bits per heavy atom. The monoisotopic (exact) mass is 303 g/mol. The van der Waals surface area contributed by atoms with Crippen molar-refractivity contribution in [2.45, 2.75) is 12.3 Å². The van der Waals surface area contributed by atoms with E-state index >= 15 is 0 Å². The maximum Gasteiger partial charge on any atom is 0.216 e. The van der Waals surface area contributed by atoms with E-state index in [2.05, 4.69) is 4.72 Å². The van der Waals surface area contributed by atoms with Gasteiger partial charge in [0.1, 0.15) is 5.84 Å². The van der Waals surface area contributed by atoms with Gasteiger partial charge in [-0.25, -0.2) is 13.1 Å². The lowest BCUT2D eigenvalue weighted by Gasteiger charge is -2.08. The lowest BCUT2D eigenvalue weighted by molar-refractivity contribution is 0.580. The van der Waals surface area contributed by atoms with Crippen LogP contribution < -0.4 is 10.5 Å². The molecule has 0 saturated carbocycles. The van der Waals surface area contributed by atoms with Crippen molar-refractivity contribution < 1.29 is 8.42 Å². The molecule has 2 rings (SSSR count).